The number of methoxy groups -OCH3 is 1. The van der Waals surface area contributed by atoms with Gasteiger partial charge in [-0.15, -0.1) is 0 Å². The Labute approximate surface area is 214 Å². The lowest BCUT2D eigenvalue weighted by Gasteiger charge is -2.41. The van der Waals surface area contributed by atoms with Crippen molar-refractivity contribution in [3.8, 4) is 22.6 Å². The third-order valence-corrected chi connectivity index (χ3v) is 6.38. The van der Waals surface area contributed by atoms with E-state index in [9.17, 15) is 35.8 Å². The first-order chi connectivity index (χ1) is 17.9. The fourth-order valence-corrected chi connectivity index (χ4v) is 4.62. The quantitative estimate of drug-likeness (QED) is 0.310. The molecule has 4 rings (SSSR count). The summed E-state index contributed by atoms with van der Waals surface area (Å²) in [6.07, 6.45) is -15.7. The van der Waals surface area contributed by atoms with Gasteiger partial charge in [-0.3, -0.25) is 0 Å². The summed E-state index contributed by atoms with van der Waals surface area (Å²) in [5.74, 6) is 0.0376. The molecule has 0 aliphatic carbocycles. The number of halogens is 7. The van der Waals surface area contributed by atoms with E-state index in [0.29, 0.717) is 17.9 Å². The van der Waals surface area contributed by atoms with Gasteiger partial charge in [0.05, 0.1) is 19.7 Å². The molecular formula is C27H24F7NO3. The van der Waals surface area contributed by atoms with Crippen molar-refractivity contribution in [2.75, 3.05) is 18.6 Å². The monoisotopic (exact) mass is 543 g/mol. The maximum absolute atomic E-state index is 13.5. The molecule has 0 bridgehead atoms. The molecule has 1 aliphatic heterocycles. The van der Waals surface area contributed by atoms with Crippen molar-refractivity contribution in [3.63, 3.8) is 0 Å². The lowest BCUT2D eigenvalue weighted by molar-refractivity contribution is -0.253. The van der Waals surface area contributed by atoms with Gasteiger partial charge in [-0.05, 0) is 65.4 Å². The Hall–Kier alpha value is -3.47. The highest BCUT2D eigenvalue weighted by molar-refractivity contribution is 5.76. The van der Waals surface area contributed by atoms with Crippen LogP contribution >= 0.6 is 0 Å². The lowest BCUT2D eigenvalue weighted by Crippen LogP contribution is -2.44. The maximum Gasteiger partial charge on any atom is 0.461 e. The van der Waals surface area contributed by atoms with E-state index in [1.807, 2.05) is 12.1 Å². The number of ether oxygens (including phenoxy) is 2. The normalized spacial score (nSPS) is 16.8. The number of fused-ring (bicyclic) bond motifs is 1. The number of benzene rings is 3. The van der Waals surface area contributed by atoms with Crippen LogP contribution < -0.4 is 14.4 Å². The summed E-state index contributed by atoms with van der Waals surface area (Å²) >= 11 is 0. The van der Waals surface area contributed by atoms with E-state index in [1.54, 1.807) is 30.3 Å². The van der Waals surface area contributed by atoms with Gasteiger partial charge < -0.3 is 19.5 Å². The zero-order chi connectivity index (χ0) is 27.7. The highest BCUT2D eigenvalue weighted by atomic mass is 19.4. The van der Waals surface area contributed by atoms with Crippen LogP contribution in [0.2, 0.25) is 0 Å². The van der Waals surface area contributed by atoms with Crippen molar-refractivity contribution in [1.29, 1.82) is 0 Å². The van der Waals surface area contributed by atoms with Crippen molar-refractivity contribution < 1.29 is 45.3 Å². The van der Waals surface area contributed by atoms with Crippen molar-refractivity contribution in [2.45, 2.75) is 43.7 Å². The third kappa shape index (κ3) is 5.82. The molecule has 0 amide bonds. The fraction of sp³-hybridized carbons (Fsp3) is 0.333. The van der Waals surface area contributed by atoms with E-state index < -0.39 is 43.2 Å². The Bertz CT molecular complexity index is 1270. The second-order valence-electron chi connectivity index (χ2n) is 8.84. The first kappa shape index (κ1) is 27.6. The van der Waals surface area contributed by atoms with Gasteiger partial charge in [-0.2, -0.15) is 30.7 Å². The predicted molar refractivity (Wildman–Crippen MR) is 127 cm³/mol. The van der Waals surface area contributed by atoms with E-state index >= 15 is 0 Å². The highest BCUT2D eigenvalue weighted by Gasteiger charge is 2.44. The molecule has 0 radical (unpaired) electrons. The summed E-state index contributed by atoms with van der Waals surface area (Å²) in [6.45, 7) is -0.832. The van der Waals surface area contributed by atoms with Gasteiger partial charge in [-0.25, -0.2) is 0 Å². The molecule has 204 valence electrons. The summed E-state index contributed by atoms with van der Waals surface area (Å²) in [6, 6.07) is 16.5. The third-order valence-electron chi connectivity index (χ3n) is 6.38. The van der Waals surface area contributed by atoms with Crippen molar-refractivity contribution >= 4 is 5.69 Å². The molecule has 3 aromatic carbocycles. The molecule has 38 heavy (non-hydrogen) atoms. The Kier molecular flexibility index (Phi) is 7.78. The minimum atomic E-state index is -4.91. The fourth-order valence-electron chi connectivity index (χ4n) is 4.62. The molecule has 0 saturated carbocycles. The van der Waals surface area contributed by atoms with Crippen LogP contribution in [-0.2, 0) is 6.42 Å². The van der Waals surface area contributed by atoms with Gasteiger partial charge >= 0.3 is 18.7 Å². The summed E-state index contributed by atoms with van der Waals surface area (Å²) in [4.78, 5) is 1.37. The number of aliphatic hydroxyl groups is 1. The maximum atomic E-state index is 13.5. The average molecular weight is 543 g/mol. The summed E-state index contributed by atoms with van der Waals surface area (Å²) < 4.78 is 102. The van der Waals surface area contributed by atoms with Crippen molar-refractivity contribution in [3.05, 3.63) is 77.9 Å². The van der Waals surface area contributed by atoms with Crippen LogP contribution in [0.4, 0.5) is 36.4 Å². The first-order valence-electron chi connectivity index (χ1n) is 11.6. The number of hydrogen-bond acceptors (Lipinski definition) is 4. The SMILES string of the molecule is COc1cccc(-c2cccc3c2CC[C@H](c2cccc(OC(F)(F)C(F)F)c2)N3C[C@H](O)C(F)(F)F)c1. The van der Waals surface area contributed by atoms with Crippen LogP contribution in [0.5, 0.6) is 11.5 Å². The second-order valence-corrected chi connectivity index (χ2v) is 8.84. The van der Waals surface area contributed by atoms with E-state index in [1.165, 1.54) is 24.1 Å². The Morgan fingerprint density at radius 1 is 0.947 bits per heavy atom. The molecule has 1 heterocycles. The van der Waals surface area contributed by atoms with Gasteiger partial charge in [0.15, 0.2) is 6.10 Å². The van der Waals surface area contributed by atoms with Crippen LogP contribution in [0.3, 0.4) is 0 Å². The zero-order valence-corrected chi connectivity index (χ0v) is 20.1. The van der Waals surface area contributed by atoms with Crippen LogP contribution in [0.1, 0.15) is 23.6 Å². The minimum absolute atomic E-state index is 0.257. The van der Waals surface area contributed by atoms with Gasteiger partial charge in [-0.1, -0.05) is 36.4 Å². The van der Waals surface area contributed by atoms with Gasteiger partial charge in [0.1, 0.15) is 11.5 Å². The number of aliphatic hydroxyl groups excluding tert-OH is 1. The molecule has 0 spiro atoms. The summed E-state index contributed by atoms with van der Waals surface area (Å²) in [7, 11) is 1.51. The Balaban J connectivity index is 1.76. The van der Waals surface area contributed by atoms with Crippen LogP contribution in [0.15, 0.2) is 66.7 Å². The van der Waals surface area contributed by atoms with Crippen LogP contribution in [0, 0.1) is 0 Å². The molecule has 4 nitrogen and oxygen atoms in total. The minimum Gasteiger partial charge on any atom is -0.497 e. The lowest BCUT2D eigenvalue weighted by atomic mass is 9.86. The topological polar surface area (TPSA) is 41.9 Å². The second kappa shape index (κ2) is 10.7. The van der Waals surface area contributed by atoms with E-state index in [-0.39, 0.29) is 12.0 Å². The number of nitrogens with zero attached hydrogens (tertiary/aromatic N) is 1. The van der Waals surface area contributed by atoms with Crippen LogP contribution in [0.25, 0.3) is 11.1 Å². The van der Waals surface area contributed by atoms with Gasteiger partial charge in [0, 0.05) is 5.69 Å². The molecule has 11 heteroatoms. The first-order valence-corrected chi connectivity index (χ1v) is 11.6. The molecular weight excluding hydrogens is 519 g/mol. The molecule has 1 aliphatic rings. The standard InChI is InChI=1S/C27H24F7NO3/c1-37-18-7-2-5-16(13-18)20-9-4-10-23-21(20)11-12-22(35(23)15-24(36)26(30,31)32)17-6-3-8-19(14-17)38-27(33,34)25(28)29/h2-10,13-14,22,24-25,36H,11-12,15H2,1H3/t22-,24+/m1/s1. The average Bonchev–Trinajstić information content (AvgIpc) is 2.87. The molecule has 1 N–H and O–H groups in total. The summed E-state index contributed by atoms with van der Waals surface area (Å²) in [5, 5.41) is 9.96. The largest absolute Gasteiger partial charge is 0.497 e. The van der Waals surface area contributed by atoms with E-state index in [0.717, 1.165) is 28.8 Å². The zero-order valence-electron chi connectivity index (χ0n) is 20.1. The number of rotatable bonds is 8. The molecule has 2 atom stereocenters. The number of alkyl halides is 7. The molecule has 0 unspecified atom stereocenters. The molecule has 0 saturated heterocycles. The van der Waals surface area contributed by atoms with Crippen molar-refractivity contribution in [1.82, 2.24) is 0 Å². The van der Waals surface area contributed by atoms with Crippen LogP contribution in [-0.4, -0.2) is 43.6 Å². The number of anilines is 1. The van der Waals surface area contributed by atoms with E-state index in [4.69, 9.17) is 4.74 Å². The van der Waals surface area contributed by atoms with Gasteiger partial charge in [0.2, 0.25) is 0 Å². The van der Waals surface area contributed by atoms with Crippen molar-refractivity contribution in [2.24, 2.45) is 0 Å². The molecule has 0 fully saturated rings. The highest BCUT2D eigenvalue weighted by Crippen LogP contribution is 2.44. The van der Waals surface area contributed by atoms with E-state index in [2.05, 4.69) is 4.74 Å². The molecule has 0 aromatic heterocycles. The predicted octanol–water partition coefficient (Wildman–Crippen LogP) is 7.02. The smallest absolute Gasteiger partial charge is 0.461 e. The number of hydrogen-bond donors (Lipinski definition) is 1. The molecule has 3 aromatic rings. The Morgan fingerprint density at radius 3 is 2.32 bits per heavy atom. The van der Waals surface area contributed by atoms with Gasteiger partial charge in [0.25, 0.3) is 0 Å². The number of β-amino-alcohol motifs (C(OH)–C–C–N with tert-alkyl or cyclic N) is 1. The summed E-state index contributed by atoms with van der Waals surface area (Å²) in [5.41, 5.74) is 2.98. The Morgan fingerprint density at radius 2 is 1.63 bits per heavy atom.